The minimum Gasteiger partial charge on any atom is -0.413 e. The summed E-state index contributed by atoms with van der Waals surface area (Å²) in [5, 5.41) is 10.1. The van der Waals surface area contributed by atoms with E-state index in [0.29, 0.717) is 0 Å². The summed E-state index contributed by atoms with van der Waals surface area (Å²) in [6, 6.07) is 0. The van der Waals surface area contributed by atoms with Crippen molar-refractivity contribution in [2.75, 3.05) is 0 Å². The Balaban J connectivity index is 2.34. The van der Waals surface area contributed by atoms with E-state index < -0.39 is 59.5 Å². The number of carbonyl (C=O) groups is 3. The van der Waals surface area contributed by atoms with Crippen LogP contribution in [0.1, 0.15) is 12.8 Å². The molecule has 2 aliphatic heterocycles. The van der Waals surface area contributed by atoms with Gasteiger partial charge in [-0.15, -0.1) is 0 Å². The molecule has 0 aromatic carbocycles. The van der Waals surface area contributed by atoms with Gasteiger partial charge in [-0.3, -0.25) is 14.2 Å². The molecule has 0 saturated carbocycles. The van der Waals surface area contributed by atoms with Gasteiger partial charge in [0.15, 0.2) is 5.60 Å². The highest BCUT2D eigenvalue weighted by atomic mass is 16.6. The van der Waals surface area contributed by atoms with Gasteiger partial charge in [0, 0.05) is 7.05 Å². The van der Waals surface area contributed by atoms with Crippen molar-refractivity contribution in [3.63, 3.8) is 0 Å². The summed E-state index contributed by atoms with van der Waals surface area (Å²) < 4.78 is 15.4. The molecule has 3 rings (SSSR count). The number of hydrogen-bond donors (Lipinski definition) is 1. The number of aliphatic hydroxyl groups is 1. The number of esters is 3. The molecule has 0 aliphatic carbocycles. The van der Waals surface area contributed by atoms with Crippen molar-refractivity contribution in [1.29, 1.82) is 0 Å². The summed E-state index contributed by atoms with van der Waals surface area (Å²) in [4.78, 5) is 50.4. The summed E-state index contributed by atoms with van der Waals surface area (Å²) in [5.41, 5.74) is -3.27. The smallest absolute Gasteiger partial charge is 0.353 e. The number of rotatable bonds is 0. The fraction of sp³-hybridized carbons (Fsp3) is 0.364. The third-order valence-electron chi connectivity index (χ3n) is 3.05. The van der Waals surface area contributed by atoms with Crippen LogP contribution in [0.4, 0.5) is 0 Å². The van der Waals surface area contributed by atoms with Crippen LogP contribution in [-0.4, -0.2) is 38.2 Å². The van der Waals surface area contributed by atoms with Gasteiger partial charge in [-0.2, -0.15) is 4.98 Å². The summed E-state index contributed by atoms with van der Waals surface area (Å²) in [6.07, 6.45) is -1.64. The van der Waals surface area contributed by atoms with Crippen molar-refractivity contribution in [2.45, 2.75) is 18.4 Å². The lowest BCUT2D eigenvalue weighted by molar-refractivity contribution is -0.170. The van der Waals surface area contributed by atoms with Gasteiger partial charge in [-0.05, 0) is 0 Å². The van der Waals surface area contributed by atoms with Crippen LogP contribution >= 0.6 is 0 Å². The topological polar surface area (TPSA) is 134 Å². The molecule has 1 atom stereocenters. The number of nitrogens with zero attached hydrogens (tertiary/aromatic N) is 2. The molecule has 110 valence electrons. The van der Waals surface area contributed by atoms with Gasteiger partial charge >= 0.3 is 23.6 Å². The Labute approximate surface area is 115 Å². The van der Waals surface area contributed by atoms with Gasteiger partial charge in [0.1, 0.15) is 0 Å². The van der Waals surface area contributed by atoms with Crippen LogP contribution in [0.25, 0.3) is 0 Å². The third-order valence-corrected chi connectivity index (χ3v) is 3.05. The number of ether oxygens (including phenoxy) is 3. The third kappa shape index (κ3) is 1.96. The Morgan fingerprint density at radius 1 is 1.10 bits per heavy atom. The highest BCUT2D eigenvalue weighted by Gasteiger charge is 2.48. The quantitative estimate of drug-likeness (QED) is 0.541. The molecule has 3 heterocycles. The van der Waals surface area contributed by atoms with Gasteiger partial charge in [-0.25, -0.2) is 9.59 Å². The average Bonchev–Trinajstić information content (AvgIpc) is 2.36. The first-order chi connectivity index (χ1) is 9.80. The molecule has 10 heteroatoms. The molecule has 21 heavy (non-hydrogen) atoms. The molecule has 0 saturated heterocycles. The first kappa shape index (κ1) is 13.2. The zero-order valence-electron chi connectivity index (χ0n) is 10.6. The fourth-order valence-corrected chi connectivity index (χ4v) is 1.97. The Hall–Kier alpha value is -2.75. The van der Waals surface area contributed by atoms with E-state index >= 15 is 0 Å². The second-order valence-electron chi connectivity index (χ2n) is 4.62. The van der Waals surface area contributed by atoms with Crippen molar-refractivity contribution in [3.05, 3.63) is 10.5 Å². The molecule has 10 nitrogen and oxygen atoms in total. The summed E-state index contributed by atoms with van der Waals surface area (Å²) >= 11 is 0. The fourth-order valence-electron chi connectivity index (χ4n) is 1.97. The lowest BCUT2D eigenvalue weighted by Gasteiger charge is -2.29. The Morgan fingerprint density at radius 2 is 1.71 bits per heavy atom. The summed E-state index contributed by atoms with van der Waals surface area (Å²) in [5.74, 6) is -4.79. The minimum absolute atomic E-state index is 0.430. The van der Waals surface area contributed by atoms with E-state index in [1.54, 1.807) is 0 Å². The van der Waals surface area contributed by atoms with E-state index in [4.69, 9.17) is 14.2 Å². The normalized spacial score (nSPS) is 24.2. The van der Waals surface area contributed by atoms with E-state index in [1.165, 1.54) is 7.05 Å². The Kier molecular flexibility index (Phi) is 2.60. The molecule has 0 spiro atoms. The SMILES string of the molecule is Cn1c2c3c(nc1=O)OC(=O)CC(O)(CC(=O)O2)C(=O)O3. The maximum Gasteiger partial charge on any atom is 0.353 e. The zero-order chi connectivity index (χ0) is 15.4. The first-order valence-corrected chi connectivity index (χ1v) is 5.77. The molecular formula is C11H8N2O8. The standard InChI is InChI=1S/C11H8N2O8/c1-13-8-6-7(12-10(13)17)19-4(14)2-11(18,9(16)21-6)3-5(15)20-8/h18H,2-3H2,1H3. The molecule has 0 amide bonds. The van der Waals surface area contributed by atoms with E-state index in [9.17, 15) is 24.3 Å². The first-order valence-electron chi connectivity index (χ1n) is 5.77. The highest BCUT2D eigenvalue weighted by molar-refractivity contribution is 5.94. The van der Waals surface area contributed by atoms with E-state index in [0.717, 1.165) is 4.57 Å². The van der Waals surface area contributed by atoms with Crippen molar-refractivity contribution >= 4 is 17.9 Å². The zero-order valence-corrected chi connectivity index (χ0v) is 10.6. The second-order valence-corrected chi connectivity index (χ2v) is 4.62. The number of carbonyl (C=O) groups excluding carboxylic acids is 3. The predicted molar refractivity (Wildman–Crippen MR) is 60.6 cm³/mol. The van der Waals surface area contributed by atoms with E-state index in [-0.39, 0.29) is 0 Å². The van der Waals surface area contributed by atoms with E-state index in [2.05, 4.69) is 4.98 Å². The molecule has 0 fully saturated rings. The lowest BCUT2D eigenvalue weighted by atomic mass is 9.95. The maximum absolute atomic E-state index is 12.0. The van der Waals surface area contributed by atoms with Crippen LogP contribution in [0.5, 0.6) is 17.5 Å². The Bertz CT molecular complexity index is 751. The second kappa shape index (κ2) is 4.12. The molecule has 0 radical (unpaired) electrons. The molecule has 2 bridgehead atoms. The van der Waals surface area contributed by atoms with Crippen LogP contribution < -0.4 is 19.9 Å². The maximum atomic E-state index is 12.0. The molecule has 1 aromatic heterocycles. The molecule has 1 N–H and O–H groups in total. The van der Waals surface area contributed by atoms with Crippen LogP contribution in [0.2, 0.25) is 0 Å². The molecular weight excluding hydrogens is 288 g/mol. The molecule has 2 aliphatic rings. The van der Waals surface area contributed by atoms with E-state index in [1.807, 2.05) is 0 Å². The van der Waals surface area contributed by atoms with Crippen LogP contribution in [0, 0.1) is 0 Å². The van der Waals surface area contributed by atoms with Gasteiger partial charge in [0.2, 0.25) is 0 Å². The van der Waals surface area contributed by atoms with Gasteiger partial charge in [-0.1, -0.05) is 0 Å². The van der Waals surface area contributed by atoms with Crippen molar-refractivity contribution in [2.24, 2.45) is 7.05 Å². The summed E-state index contributed by atoms with van der Waals surface area (Å²) in [6.45, 7) is 0. The molecule has 1 aromatic rings. The predicted octanol–water partition coefficient (Wildman–Crippen LogP) is -1.96. The van der Waals surface area contributed by atoms with Crippen molar-refractivity contribution in [3.8, 4) is 17.5 Å². The Morgan fingerprint density at radius 3 is 2.38 bits per heavy atom. The number of fused-ring (bicyclic) bond motifs is 2. The van der Waals surface area contributed by atoms with Gasteiger partial charge in [0.25, 0.3) is 17.5 Å². The van der Waals surface area contributed by atoms with Crippen LogP contribution in [-0.2, 0) is 21.4 Å². The minimum atomic E-state index is -2.39. The monoisotopic (exact) mass is 296 g/mol. The van der Waals surface area contributed by atoms with Crippen molar-refractivity contribution in [1.82, 2.24) is 9.55 Å². The summed E-state index contributed by atoms with van der Waals surface area (Å²) in [7, 11) is 1.22. The highest BCUT2D eigenvalue weighted by Crippen LogP contribution is 2.39. The van der Waals surface area contributed by atoms with Crippen LogP contribution in [0.3, 0.4) is 0 Å². The van der Waals surface area contributed by atoms with Crippen molar-refractivity contribution < 1.29 is 33.7 Å². The van der Waals surface area contributed by atoms with Gasteiger partial charge in [0.05, 0.1) is 12.8 Å². The molecule has 1 unspecified atom stereocenters. The average molecular weight is 296 g/mol. The van der Waals surface area contributed by atoms with Crippen LogP contribution in [0.15, 0.2) is 4.79 Å². The number of hydrogen-bond acceptors (Lipinski definition) is 9. The lowest BCUT2D eigenvalue weighted by Crippen LogP contribution is -2.49. The number of aromatic nitrogens is 2. The largest absolute Gasteiger partial charge is 0.413 e. The van der Waals surface area contributed by atoms with Gasteiger partial charge < -0.3 is 19.3 Å².